The highest BCUT2D eigenvalue weighted by atomic mass is 35.5. The molecule has 1 atom stereocenters. The standard InChI is InChI=1S/C7H15Cl2NO4S2/c8-1-3-15(11,12)6-7(5-10)16(13,14)4-2-9/h7H,1-6,10H2. The van der Waals surface area contributed by atoms with Crippen LogP contribution in [0.5, 0.6) is 0 Å². The molecule has 16 heavy (non-hydrogen) atoms. The van der Waals surface area contributed by atoms with E-state index < -0.39 is 30.7 Å². The second-order valence-electron chi connectivity index (χ2n) is 3.22. The molecule has 0 saturated heterocycles. The summed E-state index contributed by atoms with van der Waals surface area (Å²) < 4.78 is 46.0. The van der Waals surface area contributed by atoms with Crippen LogP contribution in [0.25, 0.3) is 0 Å². The van der Waals surface area contributed by atoms with Crippen molar-refractivity contribution in [1.29, 1.82) is 0 Å². The highest BCUT2D eigenvalue weighted by molar-refractivity contribution is 7.95. The van der Waals surface area contributed by atoms with Crippen LogP contribution < -0.4 is 5.73 Å². The fraction of sp³-hybridized carbons (Fsp3) is 1.00. The Labute approximate surface area is 106 Å². The van der Waals surface area contributed by atoms with E-state index in [1.165, 1.54) is 0 Å². The Balaban J connectivity index is 4.78. The van der Waals surface area contributed by atoms with E-state index in [1.54, 1.807) is 0 Å². The monoisotopic (exact) mass is 311 g/mol. The van der Waals surface area contributed by atoms with E-state index in [2.05, 4.69) is 0 Å². The van der Waals surface area contributed by atoms with Crippen LogP contribution in [0.15, 0.2) is 0 Å². The fourth-order valence-corrected chi connectivity index (χ4v) is 5.82. The molecule has 0 heterocycles. The second-order valence-corrected chi connectivity index (χ2v) is 8.60. The molecule has 0 radical (unpaired) electrons. The largest absolute Gasteiger partial charge is 0.329 e. The van der Waals surface area contributed by atoms with Crippen molar-refractivity contribution >= 4 is 42.9 Å². The number of hydrogen-bond donors (Lipinski definition) is 1. The molecule has 98 valence electrons. The molecule has 0 amide bonds. The SMILES string of the molecule is NCC(CS(=O)(=O)CCCl)S(=O)(=O)CCCl. The van der Waals surface area contributed by atoms with Crippen LogP contribution in [-0.4, -0.2) is 57.6 Å². The third kappa shape index (κ3) is 5.67. The van der Waals surface area contributed by atoms with E-state index in [4.69, 9.17) is 28.9 Å². The first-order chi connectivity index (χ1) is 7.29. The van der Waals surface area contributed by atoms with Gasteiger partial charge in [0.25, 0.3) is 0 Å². The minimum absolute atomic E-state index is 0.0603. The van der Waals surface area contributed by atoms with Crippen LogP contribution in [0.2, 0.25) is 0 Å². The predicted octanol–water partition coefficient (Wildman–Crippen LogP) is -0.379. The number of alkyl halides is 2. The number of rotatable bonds is 8. The summed E-state index contributed by atoms with van der Waals surface area (Å²) in [6, 6.07) is 0. The molecule has 2 N–H and O–H groups in total. The maximum Gasteiger partial charge on any atom is 0.156 e. The van der Waals surface area contributed by atoms with E-state index >= 15 is 0 Å². The van der Waals surface area contributed by atoms with Crippen molar-refractivity contribution in [3.63, 3.8) is 0 Å². The van der Waals surface area contributed by atoms with Gasteiger partial charge in [-0.3, -0.25) is 0 Å². The van der Waals surface area contributed by atoms with Crippen LogP contribution in [0.1, 0.15) is 0 Å². The second kappa shape index (κ2) is 7.00. The molecular weight excluding hydrogens is 297 g/mol. The van der Waals surface area contributed by atoms with Crippen molar-refractivity contribution in [1.82, 2.24) is 0 Å². The van der Waals surface area contributed by atoms with E-state index in [-0.39, 0.29) is 29.8 Å². The summed E-state index contributed by atoms with van der Waals surface area (Å²) in [7, 11) is -7.03. The minimum atomic E-state index is -3.55. The lowest BCUT2D eigenvalue weighted by atomic mass is 10.5. The van der Waals surface area contributed by atoms with Crippen molar-refractivity contribution < 1.29 is 16.8 Å². The van der Waals surface area contributed by atoms with E-state index in [1.807, 2.05) is 0 Å². The molecule has 0 aromatic carbocycles. The van der Waals surface area contributed by atoms with Gasteiger partial charge in [-0.1, -0.05) is 0 Å². The molecule has 0 aliphatic rings. The third-order valence-corrected chi connectivity index (χ3v) is 6.88. The number of nitrogens with two attached hydrogens (primary N) is 1. The average molecular weight is 312 g/mol. The molecule has 0 aliphatic heterocycles. The molecule has 0 bridgehead atoms. The molecule has 0 fully saturated rings. The molecule has 0 aromatic rings. The van der Waals surface area contributed by atoms with Gasteiger partial charge >= 0.3 is 0 Å². The van der Waals surface area contributed by atoms with Crippen LogP contribution in [0, 0.1) is 0 Å². The Morgan fingerprint density at radius 2 is 1.50 bits per heavy atom. The van der Waals surface area contributed by atoms with Gasteiger partial charge in [-0.25, -0.2) is 16.8 Å². The average Bonchev–Trinajstić information content (AvgIpc) is 2.13. The highest BCUT2D eigenvalue weighted by Crippen LogP contribution is 2.07. The zero-order valence-corrected chi connectivity index (χ0v) is 11.7. The van der Waals surface area contributed by atoms with Gasteiger partial charge < -0.3 is 5.73 Å². The Morgan fingerprint density at radius 1 is 1.00 bits per heavy atom. The van der Waals surface area contributed by atoms with E-state index in [0.29, 0.717) is 0 Å². The fourth-order valence-electron chi connectivity index (χ4n) is 1.08. The van der Waals surface area contributed by atoms with Gasteiger partial charge in [0.1, 0.15) is 0 Å². The Kier molecular flexibility index (Phi) is 7.20. The molecular formula is C7H15Cl2NO4S2. The number of sulfone groups is 2. The predicted molar refractivity (Wildman–Crippen MR) is 66.7 cm³/mol. The zero-order chi connectivity index (χ0) is 12.8. The summed E-state index contributed by atoms with van der Waals surface area (Å²) in [4.78, 5) is 0. The molecule has 0 rings (SSSR count). The number of hydrogen-bond acceptors (Lipinski definition) is 5. The van der Waals surface area contributed by atoms with E-state index in [9.17, 15) is 16.8 Å². The maximum absolute atomic E-state index is 11.6. The number of halogens is 2. The summed E-state index contributed by atoms with van der Waals surface area (Å²) in [5.74, 6) is -1.15. The van der Waals surface area contributed by atoms with Crippen molar-refractivity contribution in [2.75, 3.05) is 35.6 Å². The van der Waals surface area contributed by atoms with Gasteiger partial charge in [0.2, 0.25) is 0 Å². The molecule has 0 aliphatic carbocycles. The van der Waals surface area contributed by atoms with Crippen LogP contribution in [-0.2, 0) is 19.7 Å². The van der Waals surface area contributed by atoms with Crippen molar-refractivity contribution in [2.45, 2.75) is 5.25 Å². The molecule has 9 heteroatoms. The zero-order valence-electron chi connectivity index (χ0n) is 8.60. The van der Waals surface area contributed by atoms with Gasteiger partial charge in [0.15, 0.2) is 19.7 Å². The van der Waals surface area contributed by atoms with Gasteiger partial charge in [-0.2, -0.15) is 0 Å². The maximum atomic E-state index is 11.6. The molecule has 1 unspecified atom stereocenters. The lowest BCUT2D eigenvalue weighted by Gasteiger charge is -2.14. The summed E-state index contributed by atoms with van der Waals surface area (Å²) in [5.41, 5.74) is 5.27. The first-order valence-corrected chi connectivity index (χ1v) is 9.13. The van der Waals surface area contributed by atoms with Gasteiger partial charge in [0, 0.05) is 18.3 Å². The smallest absolute Gasteiger partial charge is 0.156 e. The summed E-state index contributed by atoms with van der Waals surface area (Å²) in [6.07, 6.45) is 0. The molecule has 5 nitrogen and oxygen atoms in total. The Morgan fingerprint density at radius 3 is 1.88 bits per heavy atom. The van der Waals surface area contributed by atoms with Crippen molar-refractivity contribution in [3.05, 3.63) is 0 Å². The van der Waals surface area contributed by atoms with Gasteiger partial charge in [0.05, 0.1) is 22.5 Å². The van der Waals surface area contributed by atoms with Crippen LogP contribution in [0.4, 0.5) is 0 Å². The Hall–Kier alpha value is 0.440. The molecule has 0 saturated carbocycles. The summed E-state index contributed by atoms with van der Waals surface area (Å²) in [6.45, 7) is -0.235. The van der Waals surface area contributed by atoms with Gasteiger partial charge in [-0.15, -0.1) is 23.2 Å². The first kappa shape index (κ1) is 16.4. The molecule has 0 aromatic heterocycles. The summed E-state index contributed by atoms with van der Waals surface area (Å²) >= 11 is 10.6. The molecule has 0 spiro atoms. The quantitative estimate of drug-likeness (QED) is 0.617. The van der Waals surface area contributed by atoms with Gasteiger partial charge in [-0.05, 0) is 0 Å². The lowest BCUT2D eigenvalue weighted by molar-refractivity contribution is 0.575. The highest BCUT2D eigenvalue weighted by Gasteiger charge is 2.28. The summed E-state index contributed by atoms with van der Waals surface area (Å²) in [5, 5.41) is -1.10. The van der Waals surface area contributed by atoms with Crippen LogP contribution in [0.3, 0.4) is 0 Å². The van der Waals surface area contributed by atoms with Crippen molar-refractivity contribution in [3.8, 4) is 0 Å². The minimum Gasteiger partial charge on any atom is -0.329 e. The van der Waals surface area contributed by atoms with E-state index in [0.717, 1.165) is 0 Å². The Bertz CT molecular complexity index is 393. The lowest BCUT2D eigenvalue weighted by Crippen LogP contribution is -2.38. The first-order valence-electron chi connectivity index (χ1n) is 4.53. The topological polar surface area (TPSA) is 94.3 Å². The van der Waals surface area contributed by atoms with Crippen molar-refractivity contribution in [2.24, 2.45) is 5.73 Å². The van der Waals surface area contributed by atoms with Crippen LogP contribution >= 0.6 is 23.2 Å². The normalized spacial score (nSPS) is 14.9. The third-order valence-electron chi connectivity index (χ3n) is 1.96.